The highest BCUT2D eigenvalue weighted by Gasteiger charge is 2.17. The van der Waals surface area contributed by atoms with E-state index in [1.807, 2.05) is 23.8 Å². The molecule has 23 heavy (non-hydrogen) atoms. The first kappa shape index (κ1) is 14.7. The van der Waals surface area contributed by atoms with E-state index in [0.29, 0.717) is 5.19 Å². The zero-order valence-corrected chi connectivity index (χ0v) is 14.0. The van der Waals surface area contributed by atoms with E-state index in [2.05, 4.69) is 22.9 Å². The monoisotopic (exact) mass is 328 g/mol. The first-order valence-corrected chi connectivity index (χ1v) is 8.96. The number of hydrogen-bond acceptors (Lipinski definition) is 5. The Morgan fingerprint density at radius 3 is 3.00 bits per heavy atom. The van der Waals surface area contributed by atoms with Gasteiger partial charge in [-0.1, -0.05) is 18.3 Å². The normalized spacial score (nSPS) is 16.9. The topological polar surface area (TPSA) is 38.5 Å². The summed E-state index contributed by atoms with van der Waals surface area (Å²) in [5.41, 5.74) is 2.13. The molecule has 0 amide bonds. The number of nitrogens with zero attached hydrogens (tertiary/aromatic N) is 2. The molecule has 3 heterocycles. The summed E-state index contributed by atoms with van der Waals surface area (Å²) in [6.45, 7) is 5.67. The number of piperidine rings is 1. The van der Waals surface area contributed by atoms with Crippen LogP contribution in [0.25, 0.3) is 11.0 Å². The van der Waals surface area contributed by atoms with Crippen molar-refractivity contribution in [2.75, 3.05) is 13.1 Å². The summed E-state index contributed by atoms with van der Waals surface area (Å²) < 4.78 is 11.5. The molecule has 1 saturated heterocycles. The Bertz CT molecular complexity index is 774. The number of fused-ring (bicyclic) bond motifs is 1. The fourth-order valence-corrected chi connectivity index (χ4v) is 3.58. The summed E-state index contributed by atoms with van der Waals surface area (Å²) in [6.07, 6.45) is 6.21. The van der Waals surface area contributed by atoms with Gasteiger partial charge in [0.05, 0.1) is 6.26 Å². The molecule has 1 aliphatic heterocycles. The molecule has 4 nitrogen and oxygen atoms in total. The molecule has 0 spiro atoms. The predicted molar refractivity (Wildman–Crippen MR) is 92.1 cm³/mol. The number of likely N-dealkylation sites (tertiary alicyclic amines) is 1. The van der Waals surface area contributed by atoms with Crippen molar-refractivity contribution in [2.24, 2.45) is 5.92 Å². The maximum Gasteiger partial charge on any atom is 0.278 e. The Morgan fingerprint density at radius 2 is 2.22 bits per heavy atom. The van der Waals surface area contributed by atoms with Crippen LogP contribution in [0.3, 0.4) is 0 Å². The molecule has 120 valence electrons. The van der Waals surface area contributed by atoms with Gasteiger partial charge in [0.1, 0.15) is 11.3 Å². The zero-order chi connectivity index (χ0) is 15.6. The van der Waals surface area contributed by atoms with Gasteiger partial charge >= 0.3 is 0 Å². The van der Waals surface area contributed by atoms with Crippen molar-refractivity contribution in [3.63, 3.8) is 0 Å². The highest BCUT2D eigenvalue weighted by Crippen LogP contribution is 2.30. The molecule has 0 bridgehead atoms. The molecule has 3 aromatic rings. The predicted octanol–water partition coefficient (Wildman–Crippen LogP) is 4.91. The number of aromatic nitrogens is 1. The van der Waals surface area contributed by atoms with Crippen molar-refractivity contribution >= 4 is 22.3 Å². The van der Waals surface area contributed by atoms with Crippen LogP contribution in [0.15, 0.2) is 40.5 Å². The van der Waals surface area contributed by atoms with E-state index in [4.69, 9.17) is 9.15 Å². The van der Waals surface area contributed by atoms with Gasteiger partial charge in [0.2, 0.25) is 0 Å². The molecular formula is C18H20N2O2S. The van der Waals surface area contributed by atoms with E-state index < -0.39 is 0 Å². The van der Waals surface area contributed by atoms with E-state index in [0.717, 1.165) is 23.8 Å². The largest absolute Gasteiger partial charge is 0.464 e. The van der Waals surface area contributed by atoms with Crippen LogP contribution < -0.4 is 4.74 Å². The molecule has 0 N–H and O–H groups in total. The van der Waals surface area contributed by atoms with Gasteiger partial charge in [-0.15, -0.1) is 0 Å². The second kappa shape index (κ2) is 6.34. The number of hydrogen-bond donors (Lipinski definition) is 0. The summed E-state index contributed by atoms with van der Waals surface area (Å²) in [5, 5.41) is 3.73. The standard InChI is InChI=1S/C18H20N2O2S/c1-13-4-7-20(8-5-13)11-14-12-21-17-10-15(2-3-16(14)17)22-18-19-6-9-23-18/h2-3,6,9-10,12-13H,4-5,7-8,11H2,1H3. The van der Waals surface area contributed by atoms with Crippen molar-refractivity contribution in [2.45, 2.75) is 26.3 Å². The minimum Gasteiger partial charge on any atom is -0.464 e. The van der Waals surface area contributed by atoms with E-state index in [1.54, 1.807) is 6.20 Å². The SMILES string of the molecule is CC1CCN(Cc2coc3cc(Oc4nccs4)ccc23)CC1. The van der Waals surface area contributed by atoms with Gasteiger partial charge in [-0.25, -0.2) is 4.98 Å². The molecule has 0 unspecified atom stereocenters. The second-order valence-corrected chi connectivity index (χ2v) is 7.13. The average molecular weight is 328 g/mol. The van der Waals surface area contributed by atoms with E-state index in [9.17, 15) is 0 Å². The third-order valence-corrected chi connectivity index (χ3v) is 5.16. The lowest BCUT2D eigenvalue weighted by atomic mass is 9.99. The second-order valence-electron chi connectivity index (χ2n) is 6.28. The number of rotatable bonds is 4. The van der Waals surface area contributed by atoms with Crippen LogP contribution >= 0.6 is 11.3 Å². The number of thiazole rings is 1. The van der Waals surface area contributed by atoms with Gasteiger partial charge in [0.15, 0.2) is 0 Å². The van der Waals surface area contributed by atoms with Crippen molar-refractivity contribution in [3.8, 4) is 10.9 Å². The molecule has 0 aliphatic carbocycles. The van der Waals surface area contributed by atoms with Gasteiger partial charge in [0.25, 0.3) is 5.19 Å². The summed E-state index contributed by atoms with van der Waals surface area (Å²) in [4.78, 5) is 6.66. The van der Waals surface area contributed by atoms with Gasteiger partial charge in [0, 0.05) is 35.1 Å². The smallest absolute Gasteiger partial charge is 0.278 e. The van der Waals surface area contributed by atoms with E-state index in [-0.39, 0.29) is 0 Å². The van der Waals surface area contributed by atoms with Crippen LogP contribution in [-0.4, -0.2) is 23.0 Å². The van der Waals surface area contributed by atoms with Gasteiger partial charge < -0.3 is 9.15 Å². The first-order valence-electron chi connectivity index (χ1n) is 8.08. The lowest BCUT2D eigenvalue weighted by Gasteiger charge is -2.29. The first-order chi connectivity index (χ1) is 11.3. The third kappa shape index (κ3) is 3.26. The Balaban J connectivity index is 1.51. The van der Waals surface area contributed by atoms with E-state index >= 15 is 0 Å². The Morgan fingerprint density at radius 1 is 1.35 bits per heavy atom. The highest BCUT2D eigenvalue weighted by atomic mass is 32.1. The third-order valence-electron chi connectivity index (χ3n) is 4.51. The van der Waals surface area contributed by atoms with Gasteiger partial charge in [-0.05, 0) is 44.0 Å². The minimum absolute atomic E-state index is 0.651. The zero-order valence-electron chi connectivity index (χ0n) is 13.2. The van der Waals surface area contributed by atoms with Crippen LogP contribution in [0.4, 0.5) is 0 Å². The fraction of sp³-hybridized carbons (Fsp3) is 0.389. The van der Waals surface area contributed by atoms with Crippen LogP contribution in [0.5, 0.6) is 10.9 Å². The molecular weight excluding hydrogens is 308 g/mol. The molecule has 5 heteroatoms. The summed E-state index contributed by atoms with van der Waals surface area (Å²) in [5.74, 6) is 1.62. The average Bonchev–Trinajstić information content (AvgIpc) is 3.20. The fourth-order valence-electron chi connectivity index (χ4n) is 3.07. The molecule has 4 rings (SSSR count). The molecule has 0 radical (unpaired) electrons. The van der Waals surface area contributed by atoms with Gasteiger partial charge in [-0.2, -0.15) is 0 Å². The Kier molecular flexibility index (Phi) is 4.06. The van der Waals surface area contributed by atoms with Crippen molar-refractivity contribution in [1.82, 2.24) is 9.88 Å². The number of benzene rings is 1. The Labute approximate surface area is 139 Å². The molecule has 2 aromatic heterocycles. The summed E-state index contributed by atoms with van der Waals surface area (Å²) >= 11 is 1.48. The number of furan rings is 1. The van der Waals surface area contributed by atoms with Crippen LogP contribution in [0.1, 0.15) is 25.3 Å². The van der Waals surface area contributed by atoms with Crippen molar-refractivity contribution < 1.29 is 9.15 Å². The van der Waals surface area contributed by atoms with E-state index in [1.165, 1.54) is 48.2 Å². The molecule has 1 fully saturated rings. The minimum atomic E-state index is 0.651. The molecule has 0 saturated carbocycles. The highest BCUT2D eigenvalue weighted by molar-refractivity contribution is 7.11. The number of ether oxygens (including phenoxy) is 1. The summed E-state index contributed by atoms with van der Waals surface area (Å²) in [7, 11) is 0. The maximum absolute atomic E-state index is 5.75. The molecule has 1 aliphatic rings. The summed E-state index contributed by atoms with van der Waals surface area (Å²) in [6, 6.07) is 6.02. The molecule has 1 aromatic carbocycles. The quantitative estimate of drug-likeness (QED) is 0.682. The molecule has 0 atom stereocenters. The lowest BCUT2D eigenvalue weighted by Crippen LogP contribution is -2.32. The van der Waals surface area contributed by atoms with Crippen LogP contribution in [0, 0.1) is 5.92 Å². The van der Waals surface area contributed by atoms with Crippen LogP contribution in [-0.2, 0) is 6.54 Å². The van der Waals surface area contributed by atoms with Gasteiger partial charge in [-0.3, -0.25) is 4.90 Å². The lowest BCUT2D eigenvalue weighted by molar-refractivity contribution is 0.185. The van der Waals surface area contributed by atoms with Crippen molar-refractivity contribution in [1.29, 1.82) is 0 Å². The van der Waals surface area contributed by atoms with Crippen LogP contribution in [0.2, 0.25) is 0 Å². The van der Waals surface area contributed by atoms with Crippen molar-refractivity contribution in [3.05, 3.63) is 41.6 Å². The maximum atomic E-state index is 5.75. The Hall–Kier alpha value is -1.85.